The Hall–Kier alpha value is -4.84. The molecule has 4 aromatic rings. The van der Waals surface area contributed by atoms with E-state index in [0.29, 0.717) is 40.6 Å². The number of anilines is 1. The Bertz CT molecular complexity index is 1590. The first-order valence-electron chi connectivity index (χ1n) is 11.9. The topological polar surface area (TPSA) is 148 Å². The fraction of sp³-hybridized carbons (Fsp3) is 0.192. The van der Waals surface area contributed by atoms with Crippen LogP contribution in [0.2, 0.25) is 5.02 Å². The van der Waals surface area contributed by atoms with Crippen LogP contribution in [-0.2, 0) is 23.1 Å². The van der Waals surface area contributed by atoms with Gasteiger partial charge in [-0.15, -0.1) is 5.10 Å². The highest BCUT2D eigenvalue weighted by atomic mass is 35.5. The van der Waals surface area contributed by atoms with Crippen LogP contribution in [0.4, 0.5) is 5.69 Å². The lowest BCUT2D eigenvalue weighted by molar-refractivity contribution is -0.135. The number of halogens is 1. The van der Waals surface area contributed by atoms with Gasteiger partial charge in [0.25, 0.3) is 5.91 Å². The third kappa shape index (κ3) is 5.14. The third-order valence-electron chi connectivity index (χ3n) is 6.58. The molecular formula is C26H23ClN8O4. The quantitative estimate of drug-likeness (QED) is 0.351. The number of benzene rings is 2. The monoisotopic (exact) mass is 546 g/mol. The number of hydrogen-bond acceptors (Lipinski definition) is 7. The molecule has 1 atom stereocenters. The van der Waals surface area contributed by atoms with Gasteiger partial charge < -0.3 is 15.3 Å². The molecule has 0 bridgehead atoms. The zero-order chi connectivity index (χ0) is 27.7. The third-order valence-corrected chi connectivity index (χ3v) is 6.82. The van der Waals surface area contributed by atoms with E-state index in [0.717, 1.165) is 11.3 Å². The molecule has 2 aromatic heterocycles. The average molecular weight is 547 g/mol. The van der Waals surface area contributed by atoms with Crippen molar-refractivity contribution in [2.75, 3.05) is 11.9 Å². The van der Waals surface area contributed by atoms with Gasteiger partial charge in [0.05, 0.1) is 16.9 Å². The molecule has 39 heavy (non-hydrogen) atoms. The molecule has 0 fully saturated rings. The maximum absolute atomic E-state index is 13.6. The molecule has 2 aromatic carbocycles. The number of nitrogens with zero attached hydrogens (tertiary/aromatic N) is 7. The summed E-state index contributed by atoms with van der Waals surface area (Å²) in [6, 6.07) is 9.91. The normalized spacial score (nSPS) is 14.8. The smallest absolute Gasteiger partial charge is 0.335 e. The van der Waals surface area contributed by atoms with Gasteiger partial charge in [0, 0.05) is 47.2 Å². The first-order valence-corrected chi connectivity index (χ1v) is 12.3. The molecule has 0 aliphatic carbocycles. The van der Waals surface area contributed by atoms with Crippen LogP contribution in [0, 0.1) is 6.92 Å². The highest BCUT2D eigenvalue weighted by molar-refractivity contribution is 6.30. The summed E-state index contributed by atoms with van der Waals surface area (Å²) >= 11 is 6.20. The number of hydrogen-bond donors (Lipinski definition) is 2. The molecule has 13 heteroatoms. The van der Waals surface area contributed by atoms with Gasteiger partial charge >= 0.3 is 5.97 Å². The highest BCUT2D eigenvalue weighted by Gasteiger charge is 2.38. The second-order valence-electron chi connectivity index (χ2n) is 8.92. The summed E-state index contributed by atoms with van der Waals surface area (Å²) in [5.41, 5.74) is 4.06. The molecule has 0 radical (unpaired) electrons. The van der Waals surface area contributed by atoms with Gasteiger partial charge in [-0.3, -0.25) is 14.3 Å². The molecule has 5 rings (SSSR count). The number of carboxylic acids is 1. The predicted octanol–water partition coefficient (Wildman–Crippen LogP) is 2.83. The van der Waals surface area contributed by atoms with E-state index in [9.17, 15) is 14.4 Å². The van der Waals surface area contributed by atoms with Crippen molar-refractivity contribution < 1.29 is 19.5 Å². The van der Waals surface area contributed by atoms with Crippen LogP contribution >= 0.6 is 11.6 Å². The lowest BCUT2D eigenvalue weighted by Gasteiger charge is -2.33. The van der Waals surface area contributed by atoms with Gasteiger partial charge in [0.2, 0.25) is 5.91 Å². The summed E-state index contributed by atoms with van der Waals surface area (Å²) in [5.74, 6) is -1.93. The van der Waals surface area contributed by atoms with Crippen molar-refractivity contribution in [3.05, 3.63) is 88.0 Å². The maximum atomic E-state index is 13.6. The summed E-state index contributed by atoms with van der Waals surface area (Å²) in [4.78, 5) is 39.7. The molecule has 1 aliphatic rings. The fourth-order valence-corrected chi connectivity index (χ4v) is 4.70. The predicted molar refractivity (Wildman–Crippen MR) is 141 cm³/mol. The van der Waals surface area contributed by atoms with Crippen LogP contribution in [0.25, 0.3) is 11.8 Å². The van der Waals surface area contributed by atoms with E-state index in [1.807, 2.05) is 6.92 Å². The van der Waals surface area contributed by atoms with Crippen molar-refractivity contribution in [3.8, 4) is 5.69 Å². The first-order chi connectivity index (χ1) is 18.7. The Morgan fingerprint density at radius 2 is 1.92 bits per heavy atom. The standard InChI is InChI=1S/C26H23ClN8O4/c1-15-20-11-12-34(22(36)10-5-17-13-18(27)6-9-21(17)35-14-28-31-32-35)24(23(20)30-33(15)2)25(37)29-19-7-3-16(4-8-19)26(38)39/h3-10,13-14,24H,11-12H2,1-2H3,(H,29,37)(H,38,39). The number of tetrazole rings is 1. The first kappa shape index (κ1) is 25.8. The molecule has 3 heterocycles. The average Bonchev–Trinajstić information content (AvgIpc) is 3.55. The van der Waals surface area contributed by atoms with Crippen LogP contribution < -0.4 is 5.32 Å². The van der Waals surface area contributed by atoms with E-state index < -0.39 is 23.8 Å². The van der Waals surface area contributed by atoms with E-state index in [-0.39, 0.29) is 5.56 Å². The molecule has 1 unspecified atom stereocenters. The zero-order valence-corrected chi connectivity index (χ0v) is 21.7. The summed E-state index contributed by atoms with van der Waals surface area (Å²) < 4.78 is 3.15. The Balaban J connectivity index is 1.45. The molecule has 2 N–H and O–H groups in total. The fourth-order valence-electron chi connectivity index (χ4n) is 4.52. The second-order valence-corrected chi connectivity index (χ2v) is 9.36. The lowest BCUT2D eigenvalue weighted by Crippen LogP contribution is -2.44. The number of carbonyl (C=O) groups excluding carboxylic acids is 2. The van der Waals surface area contributed by atoms with Crippen molar-refractivity contribution in [2.24, 2.45) is 7.05 Å². The highest BCUT2D eigenvalue weighted by Crippen LogP contribution is 2.32. The van der Waals surface area contributed by atoms with Crippen LogP contribution in [0.1, 0.15) is 38.9 Å². The van der Waals surface area contributed by atoms with Crippen LogP contribution in [0.3, 0.4) is 0 Å². The number of aryl methyl sites for hydroxylation is 1. The van der Waals surface area contributed by atoms with Crippen molar-refractivity contribution in [3.63, 3.8) is 0 Å². The Morgan fingerprint density at radius 1 is 1.15 bits per heavy atom. The van der Waals surface area contributed by atoms with Gasteiger partial charge in [-0.25, -0.2) is 4.79 Å². The summed E-state index contributed by atoms with van der Waals surface area (Å²) in [6.45, 7) is 2.22. The van der Waals surface area contributed by atoms with Crippen molar-refractivity contribution >= 4 is 41.1 Å². The molecule has 0 saturated heterocycles. The number of carbonyl (C=O) groups is 3. The van der Waals surface area contributed by atoms with Crippen molar-refractivity contribution in [2.45, 2.75) is 19.4 Å². The van der Waals surface area contributed by atoms with E-state index in [2.05, 4.69) is 25.9 Å². The van der Waals surface area contributed by atoms with Crippen LogP contribution in [-0.4, -0.2) is 64.3 Å². The Morgan fingerprint density at radius 3 is 2.62 bits per heavy atom. The number of fused-ring (bicyclic) bond motifs is 1. The Kier molecular flexibility index (Phi) is 6.94. The number of carboxylic acid groups (broad SMARTS) is 1. The van der Waals surface area contributed by atoms with E-state index in [1.165, 1.54) is 46.3 Å². The number of aromatic nitrogens is 6. The second kappa shape index (κ2) is 10.5. The van der Waals surface area contributed by atoms with Gasteiger partial charge in [-0.1, -0.05) is 11.6 Å². The van der Waals surface area contributed by atoms with Gasteiger partial charge in [-0.05, 0) is 72.3 Å². The van der Waals surface area contributed by atoms with Crippen molar-refractivity contribution in [1.29, 1.82) is 0 Å². The number of aromatic carboxylic acids is 1. The van der Waals surface area contributed by atoms with Crippen LogP contribution in [0.15, 0.2) is 54.9 Å². The SMILES string of the molecule is Cc1c2c(nn1C)C(C(=O)Nc1ccc(C(=O)O)cc1)N(C(=O)C=Cc1cc(Cl)ccc1-n1cnnn1)CC2. The number of rotatable bonds is 6. The summed E-state index contributed by atoms with van der Waals surface area (Å²) in [6.07, 6.45) is 4.95. The number of nitrogens with one attached hydrogen (secondary N) is 1. The molecule has 12 nitrogen and oxygen atoms in total. The molecule has 198 valence electrons. The maximum Gasteiger partial charge on any atom is 0.335 e. The lowest BCUT2D eigenvalue weighted by atomic mass is 9.96. The molecular weight excluding hydrogens is 524 g/mol. The van der Waals surface area contributed by atoms with Gasteiger partial charge in [-0.2, -0.15) is 9.78 Å². The summed E-state index contributed by atoms with van der Waals surface area (Å²) in [5, 5.41) is 28.2. The largest absolute Gasteiger partial charge is 0.478 e. The number of amides is 2. The molecule has 0 spiro atoms. The minimum atomic E-state index is -1.07. The molecule has 1 aliphatic heterocycles. The molecule has 2 amide bonds. The van der Waals surface area contributed by atoms with Gasteiger partial charge in [0.1, 0.15) is 6.33 Å². The van der Waals surface area contributed by atoms with E-state index >= 15 is 0 Å². The Labute approximate surface area is 227 Å². The molecule has 0 saturated carbocycles. The van der Waals surface area contributed by atoms with Crippen molar-refractivity contribution in [1.82, 2.24) is 34.9 Å². The summed E-state index contributed by atoms with van der Waals surface area (Å²) in [7, 11) is 1.79. The zero-order valence-electron chi connectivity index (χ0n) is 20.9. The minimum Gasteiger partial charge on any atom is -0.478 e. The van der Waals surface area contributed by atoms with Crippen LogP contribution in [0.5, 0.6) is 0 Å². The van der Waals surface area contributed by atoms with E-state index in [4.69, 9.17) is 16.7 Å². The minimum absolute atomic E-state index is 0.0947. The van der Waals surface area contributed by atoms with Gasteiger partial charge in [0.15, 0.2) is 6.04 Å². The van der Waals surface area contributed by atoms with E-state index in [1.54, 1.807) is 36.0 Å².